The normalized spacial score (nSPS) is 10.2. The van der Waals surface area contributed by atoms with E-state index in [0.29, 0.717) is 23.4 Å². The number of hydrogen-bond donors (Lipinski definition) is 2. The molecule has 14 heavy (non-hydrogen) atoms. The fourth-order valence-corrected chi connectivity index (χ4v) is 1.53. The molecule has 1 aromatic heterocycles. The van der Waals surface area contributed by atoms with Crippen molar-refractivity contribution in [3.8, 4) is 0 Å². The Bertz CT molecular complexity index is 390. The second-order valence-electron chi connectivity index (χ2n) is 3.21. The van der Waals surface area contributed by atoms with Gasteiger partial charge in [-0.1, -0.05) is 6.92 Å². The zero-order valence-corrected chi connectivity index (χ0v) is 8.47. The van der Waals surface area contributed by atoms with Crippen LogP contribution in [0, 0.1) is 13.8 Å². The van der Waals surface area contributed by atoms with Crippen molar-refractivity contribution in [2.75, 3.05) is 0 Å². The average molecular weight is 195 g/mol. The zero-order valence-electron chi connectivity index (χ0n) is 8.47. The van der Waals surface area contributed by atoms with Gasteiger partial charge in [0, 0.05) is 12.1 Å². The Hall–Kier alpha value is -1.58. The van der Waals surface area contributed by atoms with Gasteiger partial charge in [0.15, 0.2) is 5.78 Å². The molecule has 0 atom stereocenters. The van der Waals surface area contributed by atoms with E-state index in [1.54, 1.807) is 20.8 Å². The van der Waals surface area contributed by atoms with Gasteiger partial charge in [-0.3, -0.25) is 4.79 Å². The third-order valence-electron chi connectivity index (χ3n) is 2.25. The van der Waals surface area contributed by atoms with Gasteiger partial charge in [0.05, 0.1) is 11.3 Å². The molecule has 1 heterocycles. The standard InChI is InChI=1S/C10H13NO3/c1-4-7(12)9-5(2)8(10(13)14)6(3)11-9/h11H,4H2,1-3H3,(H,13,14). The molecule has 0 radical (unpaired) electrons. The second kappa shape index (κ2) is 3.65. The van der Waals surface area contributed by atoms with Crippen LogP contribution in [0.25, 0.3) is 0 Å². The van der Waals surface area contributed by atoms with Crippen LogP contribution in [0.5, 0.6) is 0 Å². The number of carbonyl (C=O) groups is 2. The van der Waals surface area contributed by atoms with Crippen LogP contribution in [0.15, 0.2) is 0 Å². The number of rotatable bonds is 3. The Morgan fingerprint density at radius 1 is 1.36 bits per heavy atom. The van der Waals surface area contributed by atoms with Crippen molar-refractivity contribution in [2.45, 2.75) is 27.2 Å². The van der Waals surface area contributed by atoms with Gasteiger partial charge in [-0.2, -0.15) is 0 Å². The number of carboxylic acids is 1. The van der Waals surface area contributed by atoms with E-state index < -0.39 is 5.97 Å². The molecule has 0 aliphatic heterocycles. The maximum absolute atomic E-state index is 11.4. The molecule has 1 rings (SSSR count). The molecule has 4 heteroatoms. The fraction of sp³-hybridized carbons (Fsp3) is 0.400. The molecule has 76 valence electrons. The van der Waals surface area contributed by atoms with Crippen molar-refractivity contribution in [3.63, 3.8) is 0 Å². The van der Waals surface area contributed by atoms with E-state index >= 15 is 0 Å². The van der Waals surface area contributed by atoms with Crippen LogP contribution in [-0.2, 0) is 0 Å². The lowest BCUT2D eigenvalue weighted by Crippen LogP contribution is -2.01. The van der Waals surface area contributed by atoms with E-state index in [4.69, 9.17) is 5.11 Å². The minimum atomic E-state index is -0.994. The largest absolute Gasteiger partial charge is 0.478 e. The van der Waals surface area contributed by atoms with Crippen molar-refractivity contribution in [2.24, 2.45) is 0 Å². The molecule has 4 nitrogen and oxygen atoms in total. The molecule has 0 amide bonds. The molecule has 0 saturated carbocycles. The molecule has 1 aromatic rings. The number of aromatic nitrogens is 1. The SMILES string of the molecule is CCC(=O)c1[nH]c(C)c(C(=O)O)c1C. The number of Topliss-reactive ketones (excluding diaryl/α,β-unsaturated/α-hetero) is 1. The highest BCUT2D eigenvalue weighted by molar-refractivity contribution is 6.00. The summed E-state index contributed by atoms with van der Waals surface area (Å²) in [6.07, 6.45) is 0.375. The van der Waals surface area contributed by atoms with Crippen molar-refractivity contribution < 1.29 is 14.7 Å². The molecular formula is C10H13NO3. The third kappa shape index (κ3) is 1.55. The van der Waals surface area contributed by atoms with Gasteiger partial charge in [-0.15, -0.1) is 0 Å². The molecule has 2 N–H and O–H groups in total. The first-order valence-electron chi connectivity index (χ1n) is 4.44. The lowest BCUT2D eigenvalue weighted by molar-refractivity contribution is 0.0695. The molecule has 0 spiro atoms. The number of H-pyrrole nitrogens is 1. The summed E-state index contributed by atoms with van der Waals surface area (Å²) in [7, 11) is 0. The lowest BCUT2D eigenvalue weighted by atomic mass is 10.1. The molecule has 0 aliphatic carbocycles. The van der Waals surface area contributed by atoms with Gasteiger partial charge in [0.1, 0.15) is 0 Å². The van der Waals surface area contributed by atoms with E-state index in [0.717, 1.165) is 0 Å². The fourth-order valence-electron chi connectivity index (χ4n) is 1.53. The Morgan fingerprint density at radius 3 is 2.29 bits per heavy atom. The zero-order chi connectivity index (χ0) is 10.9. The summed E-state index contributed by atoms with van der Waals surface area (Å²) in [6.45, 7) is 5.05. The van der Waals surface area contributed by atoms with Crippen molar-refractivity contribution in [1.82, 2.24) is 4.98 Å². The van der Waals surface area contributed by atoms with Crippen LogP contribution >= 0.6 is 0 Å². The Labute approximate surface area is 81.9 Å². The van der Waals surface area contributed by atoms with Gasteiger partial charge in [-0.25, -0.2) is 4.79 Å². The Balaban J connectivity index is 3.30. The summed E-state index contributed by atoms with van der Waals surface area (Å²) in [5.74, 6) is -1.05. The first kappa shape index (κ1) is 10.5. The first-order chi connectivity index (χ1) is 6.49. The van der Waals surface area contributed by atoms with E-state index in [1.807, 2.05) is 0 Å². The second-order valence-corrected chi connectivity index (χ2v) is 3.21. The molecule has 0 bridgehead atoms. The van der Waals surface area contributed by atoms with E-state index in [2.05, 4.69) is 4.98 Å². The van der Waals surface area contributed by atoms with Gasteiger partial charge in [0.2, 0.25) is 0 Å². The molecule has 0 saturated heterocycles. The minimum Gasteiger partial charge on any atom is -0.478 e. The van der Waals surface area contributed by atoms with Gasteiger partial charge >= 0.3 is 5.97 Å². The van der Waals surface area contributed by atoms with Crippen LogP contribution in [0.4, 0.5) is 0 Å². The quantitative estimate of drug-likeness (QED) is 0.724. The summed E-state index contributed by atoms with van der Waals surface area (Å²) >= 11 is 0. The van der Waals surface area contributed by atoms with Crippen LogP contribution in [0.1, 0.15) is 45.4 Å². The van der Waals surface area contributed by atoms with Crippen LogP contribution in [0.2, 0.25) is 0 Å². The van der Waals surface area contributed by atoms with Crippen LogP contribution in [0.3, 0.4) is 0 Å². The summed E-state index contributed by atoms with van der Waals surface area (Å²) in [5.41, 5.74) is 1.69. The van der Waals surface area contributed by atoms with Crippen LogP contribution in [-0.4, -0.2) is 21.8 Å². The summed E-state index contributed by atoms with van der Waals surface area (Å²) in [6, 6.07) is 0. The average Bonchev–Trinajstić information content (AvgIpc) is 2.40. The lowest BCUT2D eigenvalue weighted by Gasteiger charge is -1.95. The number of ketones is 1. The molecular weight excluding hydrogens is 182 g/mol. The number of hydrogen-bond acceptors (Lipinski definition) is 2. The number of aromatic carboxylic acids is 1. The summed E-state index contributed by atoms with van der Waals surface area (Å²) in [4.78, 5) is 25.0. The van der Waals surface area contributed by atoms with Crippen molar-refractivity contribution >= 4 is 11.8 Å². The summed E-state index contributed by atoms with van der Waals surface area (Å²) < 4.78 is 0. The maximum Gasteiger partial charge on any atom is 0.337 e. The van der Waals surface area contributed by atoms with Gasteiger partial charge in [-0.05, 0) is 19.4 Å². The molecule has 0 aliphatic rings. The predicted octanol–water partition coefficient (Wildman–Crippen LogP) is 1.92. The molecule has 0 fully saturated rings. The van der Waals surface area contributed by atoms with E-state index in [1.165, 1.54) is 0 Å². The van der Waals surface area contributed by atoms with Crippen LogP contribution < -0.4 is 0 Å². The minimum absolute atomic E-state index is 0.0573. The highest BCUT2D eigenvalue weighted by atomic mass is 16.4. The summed E-state index contributed by atoms with van der Waals surface area (Å²) in [5, 5.41) is 8.88. The predicted molar refractivity (Wildman–Crippen MR) is 51.8 cm³/mol. The molecule has 0 aromatic carbocycles. The monoisotopic (exact) mass is 195 g/mol. The first-order valence-corrected chi connectivity index (χ1v) is 4.44. The smallest absolute Gasteiger partial charge is 0.337 e. The van der Waals surface area contributed by atoms with Gasteiger partial charge in [0.25, 0.3) is 0 Å². The van der Waals surface area contributed by atoms with Gasteiger partial charge < -0.3 is 10.1 Å². The number of nitrogens with one attached hydrogen (secondary N) is 1. The van der Waals surface area contributed by atoms with Crippen molar-refractivity contribution in [1.29, 1.82) is 0 Å². The van der Waals surface area contributed by atoms with Crippen molar-refractivity contribution in [3.05, 3.63) is 22.5 Å². The highest BCUT2D eigenvalue weighted by Crippen LogP contribution is 2.18. The van der Waals surface area contributed by atoms with E-state index in [-0.39, 0.29) is 11.3 Å². The molecule has 0 unspecified atom stereocenters. The highest BCUT2D eigenvalue weighted by Gasteiger charge is 2.19. The number of carbonyl (C=O) groups excluding carboxylic acids is 1. The number of carboxylic acid groups (broad SMARTS) is 1. The third-order valence-corrected chi connectivity index (χ3v) is 2.25. The number of aryl methyl sites for hydroxylation is 1. The van der Waals surface area contributed by atoms with E-state index in [9.17, 15) is 9.59 Å². The number of aromatic amines is 1. The maximum atomic E-state index is 11.4. The topological polar surface area (TPSA) is 70.2 Å². The Morgan fingerprint density at radius 2 is 1.93 bits per heavy atom. The Kier molecular flexibility index (Phi) is 2.74.